The molecule has 0 spiro atoms. The van der Waals surface area contributed by atoms with E-state index in [9.17, 15) is 0 Å². The van der Waals surface area contributed by atoms with Crippen LogP contribution in [0.15, 0.2) is 12.1 Å². The lowest BCUT2D eigenvalue weighted by molar-refractivity contribution is 0.774. The van der Waals surface area contributed by atoms with Crippen molar-refractivity contribution in [3.8, 4) is 0 Å². The zero-order valence-corrected chi connectivity index (χ0v) is 9.42. The van der Waals surface area contributed by atoms with Gasteiger partial charge < -0.3 is 5.73 Å². The van der Waals surface area contributed by atoms with Crippen LogP contribution in [0.4, 0.5) is 0 Å². The SMILES string of the molecule is CC(CN)c1c(Cl)cc(Cl)cc1Cl. The molecule has 1 nitrogen and oxygen atoms in total. The highest BCUT2D eigenvalue weighted by molar-refractivity contribution is 6.39. The molecular weight excluding hydrogens is 228 g/mol. The van der Waals surface area contributed by atoms with Gasteiger partial charge >= 0.3 is 0 Å². The summed E-state index contributed by atoms with van der Waals surface area (Å²) >= 11 is 17.7. The summed E-state index contributed by atoms with van der Waals surface area (Å²) in [4.78, 5) is 0. The van der Waals surface area contributed by atoms with Gasteiger partial charge in [-0.05, 0) is 30.2 Å². The Morgan fingerprint density at radius 3 is 2.08 bits per heavy atom. The lowest BCUT2D eigenvalue weighted by Crippen LogP contribution is -2.09. The number of nitrogens with two attached hydrogens (primary N) is 1. The van der Waals surface area contributed by atoms with E-state index in [0.29, 0.717) is 21.6 Å². The minimum Gasteiger partial charge on any atom is -0.330 e. The maximum Gasteiger partial charge on any atom is 0.0470 e. The summed E-state index contributed by atoms with van der Waals surface area (Å²) < 4.78 is 0. The summed E-state index contributed by atoms with van der Waals surface area (Å²) in [5, 5.41) is 1.70. The van der Waals surface area contributed by atoms with E-state index >= 15 is 0 Å². The molecule has 0 aromatic heterocycles. The fourth-order valence-corrected chi connectivity index (χ4v) is 2.33. The van der Waals surface area contributed by atoms with Crippen LogP contribution >= 0.6 is 34.8 Å². The number of hydrogen-bond donors (Lipinski definition) is 1. The first-order chi connectivity index (χ1) is 6.06. The van der Waals surface area contributed by atoms with Gasteiger partial charge in [0.1, 0.15) is 0 Å². The van der Waals surface area contributed by atoms with Crippen molar-refractivity contribution in [2.24, 2.45) is 5.73 Å². The van der Waals surface area contributed by atoms with Gasteiger partial charge in [-0.2, -0.15) is 0 Å². The van der Waals surface area contributed by atoms with Gasteiger partial charge in [-0.15, -0.1) is 0 Å². The molecule has 0 fully saturated rings. The first-order valence-electron chi connectivity index (χ1n) is 3.90. The fourth-order valence-electron chi connectivity index (χ4n) is 1.14. The fraction of sp³-hybridized carbons (Fsp3) is 0.333. The molecule has 72 valence electrons. The Hall–Kier alpha value is 0.0500. The predicted octanol–water partition coefficient (Wildman–Crippen LogP) is 3.71. The summed E-state index contributed by atoms with van der Waals surface area (Å²) in [5.41, 5.74) is 6.40. The third-order valence-electron chi connectivity index (χ3n) is 1.89. The lowest BCUT2D eigenvalue weighted by atomic mass is 10.0. The molecule has 1 aromatic rings. The molecular formula is C9H10Cl3N. The van der Waals surface area contributed by atoms with Gasteiger partial charge in [-0.25, -0.2) is 0 Å². The number of halogens is 3. The van der Waals surface area contributed by atoms with E-state index in [2.05, 4.69) is 0 Å². The Bertz CT molecular complexity index is 289. The maximum absolute atomic E-state index is 5.98. The highest BCUT2D eigenvalue weighted by Gasteiger charge is 2.13. The van der Waals surface area contributed by atoms with E-state index < -0.39 is 0 Å². The maximum atomic E-state index is 5.98. The molecule has 0 aliphatic carbocycles. The van der Waals surface area contributed by atoms with Crippen LogP contribution in [0.1, 0.15) is 18.4 Å². The van der Waals surface area contributed by atoms with E-state index in [-0.39, 0.29) is 5.92 Å². The molecule has 1 rings (SSSR count). The van der Waals surface area contributed by atoms with Crippen LogP contribution in [0.25, 0.3) is 0 Å². The summed E-state index contributed by atoms with van der Waals surface area (Å²) in [7, 11) is 0. The monoisotopic (exact) mass is 237 g/mol. The molecule has 0 bridgehead atoms. The van der Waals surface area contributed by atoms with Gasteiger partial charge in [0.05, 0.1) is 0 Å². The van der Waals surface area contributed by atoms with Crippen molar-refractivity contribution in [2.75, 3.05) is 6.54 Å². The minimum absolute atomic E-state index is 0.150. The van der Waals surface area contributed by atoms with Crippen molar-refractivity contribution in [1.82, 2.24) is 0 Å². The zero-order chi connectivity index (χ0) is 10.0. The first-order valence-corrected chi connectivity index (χ1v) is 5.04. The molecule has 2 N–H and O–H groups in total. The molecule has 4 heteroatoms. The van der Waals surface area contributed by atoms with Crippen LogP contribution in [0, 0.1) is 0 Å². The van der Waals surface area contributed by atoms with Crippen LogP contribution in [0.2, 0.25) is 15.1 Å². The molecule has 0 saturated heterocycles. The van der Waals surface area contributed by atoms with E-state index in [1.54, 1.807) is 12.1 Å². The molecule has 0 heterocycles. The number of benzene rings is 1. The molecule has 1 unspecified atom stereocenters. The highest BCUT2D eigenvalue weighted by atomic mass is 35.5. The summed E-state index contributed by atoms with van der Waals surface area (Å²) in [6, 6.07) is 3.35. The van der Waals surface area contributed by atoms with Crippen LogP contribution in [-0.4, -0.2) is 6.54 Å². The summed E-state index contributed by atoms with van der Waals surface area (Å²) in [5.74, 6) is 0.150. The van der Waals surface area contributed by atoms with Crippen LogP contribution < -0.4 is 5.73 Å². The van der Waals surface area contributed by atoms with Crippen molar-refractivity contribution in [2.45, 2.75) is 12.8 Å². The average Bonchev–Trinajstić information content (AvgIpc) is 2.02. The van der Waals surface area contributed by atoms with E-state index in [0.717, 1.165) is 5.56 Å². The van der Waals surface area contributed by atoms with Crippen LogP contribution in [-0.2, 0) is 0 Å². The average molecular weight is 239 g/mol. The second kappa shape index (κ2) is 4.52. The third kappa shape index (κ3) is 2.50. The number of rotatable bonds is 2. The Morgan fingerprint density at radius 1 is 1.23 bits per heavy atom. The predicted molar refractivity (Wildman–Crippen MR) is 58.9 cm³/mol. The van der Waals surface area contributed by atoms with Crippen LogP contribution in [0.5, 0.6) is 0 Å². The van der Waals surface area contributed by atoms with Crippen molar-refractivity contribution < 1.29 is 0 Å². The first kappa shape index (κ1) is 11.1. The van der Waals surface area contributed by atoms with Crippen molar-refractivity contribution in [1.29, 1.82) is 0 Å². The summed E-state index contributed by atoms with van der Waals surface area (Å²) in [6.07, 6.45) is 0. The normalized spacial score (nSPS) is 13.0. The van der Waals surface area contributed by atoms with Gasteiger partial charge in [0.25, 0.3) is 0 Å². The Kier molecular flexibility index (Phi) is 3.87. The van der Waals surface area contributed by atoms with Gasteiger partial charge in [-0.1, -0.05) is 41.7 Å². The molecule has 1 aromatic carbocycles. The van der Waals surface area contributed by atoms with Gasteiger partial charge in [-0.3, -0.25) is 0 Å². The molecule has 0 amide bonds. The second-order valence-corrected chi connectivity index (χ2v) is 4.17. The molecule has 1 atom stereocenters. The van der Waals surface area contributed by atoms with Crippen LogP contribution in [0.3, 0.4) is 0 Å². The highest BCUT2D eigenvalue weighted by Crippen LogP contribution is 2.33. The van der Waals surface area contributed by atoms with Gasteiger partial charge in [0.2, 0.25) is 0 Å². The Balaban J connectivity index is 3.20. The van der Waals surface area contributed by atoms with Crippen molar-refractivity contribution >= 4 is 34.8 Å². The molecule has 0 aliphatic rings. The largest absolute Gasteiger partial charge is 0.330 e. The molecule has 0 radical (unpaired) electrons. The topological polar surface area (TPSA) is 26.0 Å². The Labute approximate surface area is 92.8 Å². The van der Waals surface area contributed by atoms with E-state index in [1.807, 2.05) is 6.92 Å². The zero-order valence-electron chi connectivity index (χ0n) is 7.15. The second-order valence-electron chi connectivity index (χ2n) is 2.92. The van der Waals surface area contributed by atoms with Crippen molar-refractivity contribution in [3.05, 3.63) is 32.8 Å². The van der Waals surface area contributed by atoms with Crippen molar-refractivity contribution in [3.63, 3.8) is 0 Å². The molecule has 0 aliphatic heterocycles. The Morgan fingerprint density at radius 2 is 1.69 bits per heavy atom. The smallest absolute Gasteiger partial charge is 0.0470 e. The van der Waals surface area contributed by atoms with Gasteiger partial charge in [0, 0.05) is 15.1 Å². The summed E-state index contributed by atoms with van der Waals surface area (Å²) in [6.45, 7) is 2.49. The molecule has 0 saturated carbocycles. The standard InChI is InChI=1S/C9H10Cl3N/c1-5(4-13)9-7(11)2-6(10)3-8(9)12/h2-3,5H,4,13H2,1H3. The van der Waals surface area contributed by atoms with E-state index in [1.165, 1.54) is 0 Å². The molecule has 13 heavy (non-hydrogen) atoms. The quantitative estimate of drug-likeness (QED) is 0.835. The van der Waals surface area contributed by atoms with E-state index in [4.69, 9.17) is 40.5 Å². The number of hydrogen-bond acceptors (Lipinski definition) is 1. The van der Waals surface area contributed by atoms with Gasteiger partial charge in [0.15, 0.2) is 0 Å². The minimum atomic E-state index is 0.150. The third-order valence-corrected chi connectivity index (χ3v) is 2.73. The lowest BCUT2D eigenvalue weighted by Gasteiger charge is -2.13.